The predicted octanol–water partition coefficient (Wildman–Crippen LogP) is 2.00. The Morgan fingerprint density at radius 1 is 1.21 bits per heavy atom. The molecular formula is C13H12O6. The molecule has 0 unspecified atom stereocenters. The second-order valence-electron chi connectivity index (χ2n) is 3.64. The number of ether oxygens (including phenoxy) is 3. The van der Waals surface area contributed by atoms with Crippen molar-refractivity contribution in [2.24, 2.45) is 0 Å². The molecule has 2 rings (SSSR count). The summed E-state index contributed by atoms with van der Waals surface area (Å²) in [5, 5.41) is 0. The standard InChI is InChI=1S/C13H12O6/c1-16-11-9(6-14)19-13(18-3)8-5-4-7(10(8)11)12(15)17-2/h4-6H,1-3H3. The molecule has 0 fully saturated rings. The summed E-state index contributed by atoms with van der Waals surface area (Å²) in [6.45, 7) is 0. The van der Waals surface area contributed by atoms with E-state index in [2.05, 4.69) is 0 Å². The minimum absolute atomic E-state index is 0.0526. The van der Waals surface area contributed by atoms with E-state index in [1.54, 1.807) is 12.1 Å². The van der Waals surface area contributed by atoms with Crippen molar-refractivity contribution in [2.45, 2.75) is 0 Å². The quantitative estimate of drug-likeness (QED) is 0.621. The number of hydrogen-bond acceptors (Lipinski definition) is 6. The molecule has 0 amide bonds. The van der Waals surface area contributed by atoms with E-state index in [1.165, 1.54) is 21.3 Å². The third kappa shape index (κ3) is 1.91. The van der Waals surface area contributed by atoms with Crippen molar-refractivity contribution in [1.29, 1.82) is 0 Å². The van der Waals surface area contributed by atoms with Gasteiger partial charge in [-0.15, -0.1) is 0 Å². The van der Waals surface area contributed by atoms with Crippen molar-refractivity contribution in [3.05, 3.63) is 23.5 Å². The first-order valence-corrected chi connectivity index (χ1v) is 5.38. The Bertz CT molecular complexity index is 598. The molecule has 1 aliphatic carbocycles. The molecule has 0 radical (unpaired) electrons. The van der Waals surface area contributed by atoms with Crippen molar-refractivity contribution in [2.75, 3.05) is 21.3 Å². The maximum atomic E-state index is 11.7. The Hall–Kier alpha value is -2.50. The largest absolute Gasteiger partial charge is 0.492 e. The minimum atomic E-state index is -0.529. The number of carbonyl (C=O) groups excluding carboxylic acids is 2. The Kier molecular flexibility index (Phi) is 3.41. The van der Waals surface area contributed by atoms with Crippen molar-refractivity contribution in [1.82, 2.24) is 0 Å². The predicted molar refractivity (Wildman–Crippen MR) is 65.2 cm³/mol. The van der Waals surface area contributed by atoms with Gasteiger partial charge in [-0.2, -0.15) is 0 Å². The molecule has 1 aliphatic heterocycles. The normalized spacial score (nSPS) is 10.3. The van der Waals surface area contributed by atoms with Gasteiger partial charge in [0.2, 0.25) is 5.76 Å². The zero-order chi connectivity index (χ0) is 14.0. The molecule has 0 bridgehead atoms. The van der Waals surface area contributed by atoms with E-state index < -0.39 is 5.97 Å². The average Bonchev–Trinajstić information content (AvgIpc) is 2.89. The van der Waals surface area contributed by atoms with Crippen LogP contribution in [-0.4, -0.2) is 33.6 Å². The van der Waals surface area contributed by atoms with Gasteiger partial charge >= 0.3 is 5.97 Å². The van der Waals surface area contributed by atoms with Crippen molar-refractivity contribution < 1.29 is 28.2 Å². The van der Waals surface area contributed by atoms with Crippen LogP contribution in [0.5, 0.6) is 11.7 Å². The summed E-state index contributed by atoms with van der Waals surface area (Å²) < 4.78 is 20.2. The highest BCUT2D eigenvalue weighted by molar-refractivity contribution is 6.03. The molecule has 0 spiro atoms. The Labute approximate surface area is 109 Å². The molecule has 2 aliphatic rings. The highest BCUT2D eigenvalue weighted by Gasteiger charge is 2.28. The summed E-state index contributed by atoms with van der Waals surface area (Å²) in [6, 6.07) is 3.20. The van der Waals surface area contributed by atoms with Gasteiger partial charge in [0, 0.05) is 5.56 Å². The van der Waals surface area contributed by atoms with Gasteiger partial charge in [-0.3, -0.25) is 4.79 Å². The first-order chi connectivity index (χ1) is 9.17. The van der Waals surface area contributed by atoms with E-state index in [4.69, 9.17) is 18.6 Å². The summed E-state index contributed by atoms with van der Waals surface area (Å²) in [7, 11) is 4.07. The van der Waals surface area contributed by atoms with E-state index >= 15 is 0 Å². The van der Waals surface area contributed by atoms with Crippen LogP contribution >= 0.6 is 0 Å². The third-order valence-corrected chi connectivity index (χ3v) is 2.73. The van der Waals surface area contributed by atoms with Crippen LogP contribution < -0.4 is 9.47 Å². The minimum Gasteiger partial charge on any atom is -0.492 e. The van der Waals surface area contributed by atoms with Gasteiger partial charge in [0.1, 0.15) is 0 Å². The fraction of sp³-hybridized carbons (Fsp3) is 0.231. The summed E-state index contributed by atoms with van der Waals surface area (Å²) >= 11 is 0. The number of aldehydes is 1. The van der Waals surface area contributed by atoms with Gasteiger partial charge in [-0.05, 0) is 12.1 Å². The second-order valence-corrected chi connectivity index (χ2v) is 3.64. The fourth-order valence-electron chi connectivity index (χ4n) is 1.93. The molecule has 100 valence electrons. The zero-order valence-electron chi connectivity index (χ0n) is 10.7. The monoisotopic (exact) mass is 264 g/mol. The van der Waals surface area contributed by atoms with Gasteiger partial charge in [0.05, 0.1) is 32.5 Å². The molecule has 6 nitrogen and oxygen atoms in total. The molecule has 19 heavy (non-hydrogen) atoms. The van der Waals surface area contributed by atoms with Crippen LogP contribution in [-0.2, 0) is 4.74 Å². The number of carbonyl (C=O) groups is 2. The number of esters is 1. The second kappa shape index (κ2) is 5.01. The summed E-state index contributed by atoms with van der Waals surface area (Å²) in [5.74, 6) is -0.272. The number of hydrogen-bond donors (Lipinski definition) is 0. The zero-order valence-corrected chi connectivity index (χ0v) is 10.7. The van der Waals surface area contributed by atoms with Crippen molar-refractivity contribution >= 4 is 12.3 Å². The molecule has 0 aromatic carbocycles. The Morgan fingerprint density at radius 3 is 2.47 bits per heavy atom. The molecular weight excluding hydrogens is 252 g/mol. The number of fused-ring (bicyclic) bond motifs is 1. The van der Waals surface area contributed by atoms with Gasteiger partial charge in [-0.1, -0.05) is 0 Å². The lowest BCUT2D eigenvalue weighted by Gasteiger charge is -2.13. The molecule has 0 atom stereocenters. The van der Waals surface area contributed by atoms with Gasteiger partial charge < -0.3 is 18.6 Å². The van der Waals surface area contributed by atoms with Crippen molar-refractivity contribution in [3.63, 3.8) is 0 Å². The molecule has 0 saturated heterocycles. The highest BCUT2D eigenvalue weighted by atomic mass is 16.6. The Morgan fingerprint density at radius 2 is 1.95 bits per heavy atom. The maximum Gasteiger partial charge on any atom is 0.338 e. The summed E-state index contributed by atoms with van der Waals surface area (Å²) in [5.41, 5.74) is 1.25. The number of rotatable bonds is 4. The molecule has 0 N–H and O–H groups in total. The molecule has 1 heterocycles. The molecule has 0 aromatic rings. The topological polar surface area (TPSA) is 75.0 Å². The lowest BCUT2D eigenvalue weighted by atomic mass is 10.1. The van der Waals surface area contributed by atoms with Crippen LogP contribution in [0.25, 0.3) is 11.1 Å². The van der Waals surface area contributed by atoms with Crippen LogP contribution in [0.4, 0.5) is 0 Å². The SMILES string of the molecule is COC(=O)c1ccc2c(OC)oc(C=O)c(OC)c1-2. The van der Waals surface area contributed by atoms with E-state index in [-0.39, 0.29) is 23.0 Å². The first kappa shape index (κ1) is 12.9. The van der Waals surface area contributed by atoms with E-state index in [0.29, 0.717) is 17.4 Å². The maximum absolute atomic E-state index is 11.7. The van der Waals surface area contributed by atoms with Crippen LogP contribution in [0.1, 0.15) is 20.9 Å². The number of methoxy groups -OCH3 is 3. The van der Waals surface area contributed by atoms with E-state index in [9.17, 15) is 9.59 Å². The highest BCUT2D eigenvalue weighted by Crippen LogP contribution is 2.44. The molecule has 0 saturated carbocycles. The molecule has 6 heteroatoms. The Balaban J connectivity index is 2.81. The van der Waals surface area contributed by atoms with Crippen molar-refractivity contribution in [3.8, 4) is 22.8 Å². The average molecular weight is 264 g/mol. The van der Waals surface area contributed by atoms with Gasteiger partial charge in [0.25, 0.3) is 5.95 Å². The van der Waals surface area contributed by atoms with Gasteiger partial charge in [0.15, 0.2) is 12.0 Å². The molecule has 0 aromatic heterocycles. The van der Waals surface area contributed by atoms with Crippen LogP contribution in [0.3, 0.4) is 0 Å². The fourth-order valence-corrected chi connectivity index (χ4v) is 1.93. The van der Waals surface area contributed by atoms with E-state index in [1.807, 2.05) is 0 Å². The van der Waals surface area contributed by atoms with E-state index in [0.717, 1.165) is 0 Å². The third-order valence-electron chi connectivity index (χ3n) is 2.73. The lowest BCUT2D eigenvalue weighted by Crippen LogP contribution is -2.04. The lowest BCUT2D eigenvalue weighted by molar-refractivity contribution is 0.0601. The van der Waals surface area contributed by atoms with Crippen LogP contribution in [0, 0.1) is 0 Å². The summed E-state index contributed by atoms with van der Waals surface area (Å²) in [6.07, 6.45) is 0.495. The van der Waals surface area contributed by atoms with Crippen LogP contribution in [0.15, 0.2) is 16.5 Å². The first-order valence-electron chi connectivity index (χ1n) is 5.38. The van der Waals surface area contributed by atoms with Gasteiger partial charge in [-0.25, -0.2) is 4.79 Å². The summed E-state index contributed by atoms with van der Waals surface area (Å²) in [4.78, 5) is 22.7. The smallest absolute Gasteiger partial charge is 0.338 e. The van der Waals surface area contributed by atoms with Crippen LogP contribution in [0.2, 0.25) is 0 Å².